The van der Waals surface area contributed by atoms with Gasteiger partial charge in [0, 0.05) is 6.54 Å². The molecule has 0 aromatic carbocycles. The van der Waals surface area contributed by atoms with Crippen molar-refractivity contribution in [3.8, 4) is 0 Å². The van der Waals surface area contributed by atoms with Crippen LogP contribution in [0.5, 0.6) is 0 Å². The maximum Gasteiger partial charge on any atom is 0.332 e. The summed E-state index contributed by atoms with van der Waals surface area (Å²) in [5, 5.41) is 17.1. The van der Waals surface area contributed by atoms with E-state index in [-0.39, 0.29) is 12.6 Å². The standard InChI is InChI=1S/C10H15NO6S/c1-2-5-11(18(16,17)7-3-4-7)10(15)8(12)6-9(13)14/h6-7,12H,2-5H2,1H3,(H,13,14)/b8-6-. The van der Waals surface area contributed by atoms with Crippen molar-refractivity contribution in [2.75, 3.05) is 6.54 Å². The largest absolute Gasteiger partial charge is 0.503 e. The van der Waals surface area contributed by atoms with Crippen LogP contribution in [0.2, 0.25) is 0 Å². The van der Waals surface area contributed by atoms with Crippen LogP contribution in [0.15, 0.2) is 11.8 Å². The van der Waals surface area contributed by atoms with Gasteiger partial charge in [-0.05, 0) is 19.3 Å². The van der Waals surface area contributed by atoms with Crippen LogP contribution in [-0.4, -0.2) is 46.6 Å². The molecule has 0 bridgehead atoms. The van der Waals surface area contributed by atoms with E-state index in [0.29, 0.717) is 23.6 Å². The lowest BCUT2D eigenvalue weighted by molar-refractivity contribution is -0.132. The smallest absolute Gasteiger partial charge is 0.332 e. The van der Waals surface area contributed by atoms with E-state index in [0.717, 1.165) is 0 Å². The van der Waals surface area contributed by atoms with Crippen LogP contribution in [-0.2, 0) is 19.6 Å². The number of rotatable bonds is 6. The average Bonchev–Trinajstić information content (AvgIpc) is 3.07. The molecule has 0 spiro atoms. The third-order valence-corrected chi connectivity index (χ3v) is 4.66. The second-order valence-corrected chi connectivity index (χ2v) is 6.13. The third kappa shape index (κ3) is 3.22. The number of carboxylic acid groups (broad SMARTS) is 1. The first kappa shape index (κ1) is 14.5. The number of carbonyl (C=O) groups excluding carboxylic acids is 1. The first-order valence-corrected chi connectivity index (χ1v) is 7.00. The van der Waals surface area contributed by atoms with Crippen molar-refractivity contribution in [1.82, 2.24) is 4.31 Å². The summed E-state index contributed by atoms with van der Waals surface area (Å²) in [6.45, 7) is 1.61. The molecular formula is C10H15NO6S. The Labute approximate surface area is 105 Å². The number of carbonyl (C=O) groups is 2. The van der Waals surface area contributed by atoms with E-state index in [1.54, 1.807) is 6.92 Å². The van der Waals surface area contributed by atoms with Gasteiger partial charge in [-0.1, -0.05) is 6.92 Å². The zero-order valence-corrected chi connectivity index (χ0v) is 10.7. The Morgan fingerprint density at radius 3 is 2.28 bits per heavy atom. The van der Waals surface area contributed by atoms with E-state index in [4.69, 9.17) is 5.11 Å². The molecule has 1 saturated carbocycles. The van der Waals surface area contributed by atoms with Gasteiger partial charge in [0.25, 0.3) is 0 Å². The van der Waals surface area contributed by atoms with Crippen molar-refractivity contribution in [2.24, 2.45) is 0 Å². The predicted molar refractivity (Wildman–Crippen MR) is 62.3 cm³/mol. The van der Waals surface area contributed by atoms with Crippen molar-refractivity contribution in [3.05, 3.63) is 11.8 Å². The van der Waals surface area contributed by atoms with Gasteiger partial charge in [-0.3, -0.25) is 4.79 Å². The number of aliphatic hydroxyl groups is 1. The van der Waals surface area contributed by atoms with Crippen LogP contribution in [0, 0.1) is 0 Å². The molecule has 0 unspecified atom stereocenters. The van der Waals surface area contributed by atoms with E-state index >= 15 is 0 Å². The number of carboxylic acids is 1. The van der Waals surface area contributed by atoms with Gasteiger partial charge in [0.2, 0.25) is 10.0 Å². The highest BCUT2D eigenvalue weighted by atomic mass is 32.2. The highest BCUT2D eigenvalue weighted by molar-refractivity contribution is 7.90. The third-order valence-electron chi connectivity index (χ3n) is 2.39. The van der Waals surface area contributed by atoms with Crippen molar-refractivity contribution >= 4 is 21.9 Å². The quantitative estimate of drug-likeness (QED) is 0.531. The number of aliphatic carboxylic acids is 1. The molecule has 1 aliphatic rings. The normalized spacial score (nSPS) is 16.4. The number of amides is 1. The van der Waals surface area contributed by atoms with Gasteiger partial charge >= 0.3 is 11.9 Å². The van der Waals surface area contributed by atoms with Crippen LogP contribution in [0.25, 0.3) is 0 Å². The molecule has 1 fully saturated rings. The van der Waals surface area contributed by atoms with E-state index in [9.17, 15) is 23.1 Å². The summed E-state index contributed by atoms with van der Waals surface area (Å²) in [6, 6.07) is 0. The molecule has 0 aromatic heterocycles. The van der Waals surface area contributed by atoms with Gasteiger partial charge in [-0.25, -0.2) is 17.5 Å². The molecule has 0 aromatic rings. The highest BCUT2D eigenvalue weighted by Crippen LogP contribution is 2.31. The lowest BCUT2D eigenvalue weighted by atomic mass is 10.4. The number of aliphatic hydroxyl groups excluding tert-OH is 1. The average molecular weight is 277 g/mol. The molecule has 0 aliphatic heterocycles. The summed E-state index contributed by atoms with van der Waals surface area (Å²) < 4.78 is 24.4. The lowest BCUT2D eigenvalue weighted by Gasteiger charge is -2.21. The Hall–Kier alpha value is -1.57. The summed E-state index contributed by atoms with van der Waals surface area (Å²) in [6.07, 6.45) is 1.64. The van der Waals surface area contributed by atoms with Crippen LogP contribution in [0.3, 0.4) is 0 Å². The molecule has 2 N–H and O–H groups in total. The molecular weight excluding hydrogens is 262 g/mol. The molecule has 1 aliphatic carbocycles. The Bertz CT molecular complexity index is 477. The molecule has 0 atom stereocenters. The van der Waals surface area contributed by atoms with Crippen LogP contribution < -0.4 is 0 Å². The van der Waals surface area contributed by atoms with Crippen molar-refractivity contribution < 1.29 is 28.2 Å². The van der Waals surface area contributed by atoms with E-state index in [1.165, 1.54) is 0 Å². The molecule has 18 heavy (non-hydrogen) atoms. The summed E-state index contributed by atoms with van der Waals surface area (Å²) >= 11 is 0. The van der Waals surface area contributed by atoms with Gasteiger partial charge < -0.3 is 10.2 Å². The number of hydrogen-bond donors (Lipinski definition) is 2. The minimum atomic E-state index is -3.78. The van der Waals surface area contributed by atoms with E-state index < -0.39 is 32.9 Å². The summed E-state index contributed by atoms with van der Waals surface area (Å²) in [4.78, 5) is 22.0. The second-order valence-electron chi connectivity index (χ2n) is 3.99. The van der Waals surface area contributed by atoms with Gasteiger partial charge in [0.05, 0.1) is 11.3 Å². The maximum absolute atomic E-state index is 11.9. The van der Waals surface area contributed by atoms with Gasteiger partial charge in [-0.2, -0.15) is 0 Å². The lowest BCUT2D eigenvalue weighted by Crippen LogP contribution is -2.40. The molecule has 0 radical (unpaired) electrons. The van der Waals surface area contributed by atoms with Gasteiger partial charge in [0.15, 0.2) is 5.76 Å². The first-order valence-electron chi connectivity index (χ1n) is 5.50. The molecule has 0 saturated heterocycles. The molecule has 0 heterocycles. The Morgan fingerprint density at radius 1 is 1.33 bits per heavy atom. The fraction of sp³-hybridized carbons (Fsp3) is 0.600. The Kier molecular flexibility index (Phi) is 4.33. The fourth-order valence-corrected chi connectivity index (χ4v) is 3.25. The minimum Gasteiger partial charge on any atom is -0.503 e. The maximum atomic E-state index is 11.9. The minimum absolute atomic E-state index is 0.0742. The summed E-state index contributed by atoms with van der Waals surface area (Å²) in [7, 11) is -3.78. The number of nitrogens with zero attached hydrogens (tertiary/aromatic N) is 1. The Morgan fingerprint density at radius 2 is 1.89 bits per heavy atom. The molecule has 102 valence electrons. The molecule has 8 heteroatoms. The number of hydrogen-bond acceptors (Lipinski definition) is 5. The molecule has 1 rings (SSSR count). The van der Waals surface area contributed by atoms with Crippen LogP contribution in [0.4, 0.5) is 0 Å². The van der Waals surface area contributed by atoms with Crippen LogP contribution in [0.1, 0.15) is 26.2 Å². The molecule has 7 nitrogen and oxygen atoms in total. The van der Waals surface area contributed by atoms with Crippen molar-refractivity contribution in [2.45, 2.75) is 31.4 Å². The first-order chi connectivity index (χ1) is 8.30. The topological polar surface area (TPSA) is 112 Å². The summed E-state index contributed by atoms with van der Waals surface area (Å²) in [5.74, 6) is -3.78. The van der Waals surface area contributed by atoms with Gasteiger partial charge in [0.1, 0.15) is 0 Å². The van der Waals surface area contributed by atoms with Crippen molar-refractivity contribution in [3.63, 3.8) is 0 Å². The summed E-state index contributed by atoms with van der Waals surface area (Å²) in [5.41, 5.74) is 0. The highest BCUT2D eigenvalue weighted by Gasteiger charge is 2.42. The fourth-order valence-electron chi connectivity index (χ4n) is 1.40. The predicted octanol–water partition coefficient (Wildman–Crippen LogP) is 0.244. The zero-order valence-electron chi connectivity index (χ0n) is 9.87. The van der Waals surface area contributed by atoms with Gasteiger partial charge in [-0.15, -0.1) is 0 Å². The zero-order chi connectivity index (χ0) is 13.9. The Balaban J connectivity index is 2.98. The second kappa shape index (κ2) is 5.38. The van der Waals surface area contributed by atoms with E-state index in [2.05, 4.69) is 0 Å². The SMILES string of the molecule is CCCN(C(=O)/C(O)=C/C(=O)O)S(=O)(=O)C1CC1. The monoisotopic (exact) mass is 277 g/mol. The van der Waals surface area contributed by atoms with Crippen molar-refractivity contribution in [1.29, 1.82) is 0 Å². The number of sulfonamides is 1. The van der Waals surface area contributed by atoms with Crippen LogP contribution >= 0.6 is 0 Å². The molecule has 1 amide bonds. The van der Waals surface area contributed by atoms with E-state index in [1.807, 2.05) is 0 Å².